The lowest BCUT2D eigenvalue weighted by Crippen LogP contribution is -2.30. The number of likely N-dealkylation sites (N-methyl/N-ethyl adjacent to an activating group) is 1. The maximum Gasteiger partial charge on any atom is 0.193 e. The molecule has 0 radical (unpaired) electrons. The van der Waals surface area contributed by atoms with Crippen molar-refractivity contribution in [2.45, 2.75) is 24.3 Å². The first-order valence-electron chi connectivity index (χ1n) is 7.03. The maximum absolute atomic E-state index is 4.67. The van der Waals surface area contributed by atoms with Gasteiger partial charge in [0, 0.05) is 40.9 Å². The lowest BCUT2D eigenvalue weighted by molar-refractivity contribution is 0.610. The van der Waals surface area contributed by atoms with E-state index in [0.29, 0.717) is 6.04 Å². The summed E-state index contributed by atoms with van der Waals surface area (Å²) in [5, 5.41) is 5.48. The third-order valence-corrected chi connectivity index (χ3v) is 5.65. The summed E-state index contributed by atoms with van der Waals surface area (Å²) < 4.78 is 2.10. The quantitative estimate of drug-likeness (QED) is 0.704. The Bertz CT molecular complexity index is 688. The Kier molecular flexibility index (Phi) is 4.63. The molecule has 3 aromatic rings. The van der Waals surface area contributed by atoms with Crippen molar-refractivity contribution in [1.82, 2.24) is 14.7 Å². The zero-order chi connectivity index (χ0) is 14.7. The van der Waals surface area contributed by atoms with E-state index in [-0.39, 0.29) is 0 Å². The Morgan fingerprint density at radius 2 is 2.24 bits per heavy atom. The number of rotatable bonds is 6. The fraction of sp³-hybridized carbons (Fsp3) is 0.312. The zero-order valence-corrected chi connectivity index (χ0v) is 13.9. The van der Waals surface area contributed by atoms with Crippen LogP contribution in [0.4, 0.5) is 0 Å². The molecule has 110 valence electrons. The first-order valence-corrected chi connectivity index (χ1v) is 8.89. The molecule has 0 spiro atoms. The molecule has 1 N–H and O–H groups in total. The van der Waals surface area contributed by atoms with Gasteiger partial charge in [0.2, 0.25) is 0 Å². The van der Waals surface area contributed by atoms with Crippen LogP contribution in [0.3, 0.4) is 0 Å². The van der Waals surface area contributed by atoms with E-state index < -0.39 is 0 Å². The van der Waals surface area contributed by atoms with E-state index in [1.165, 1.54) is 10.5 Å². The van der Waals surface area contributed by atoms with Gasteiger partial charge in [0.05, 0.1) is 5.69 Å². The van der Waals surface area contributed by atoms with Gasteiger partial charge in [0.25, 0.3) is 0 Å². The van der Waals surface area contributed by atoms with Crippen LogP contribution >= 0.6 is 23.1 Å². The minimum absolute atomic E-state index is 0.430. The maximum atomic E-state index is 4.67. The van der Waals surface area contributed by atoms with Crippen LogP contribution < -0.4 is 5.32 Å². The van der Waals surface area contributed by atoms with E-state index in [4.69, 9.17) is 0 Å². The highest BCUT2D eigenvalue weighted by Crippen LogP contribution is 2.23. The summed E-state index contributed by atoms with van der Waals surface area (Å²) in [5.41, 5.74) is 2.51. The normalized spacial score (nSPS) is 12.9. The number of fused-ring (bicyclic) bond motifs is 1. The molecule has 5 heteroatoms. The largest absolute Gasteiger partial charge is 0.316 e. The molecule has 3 nitrogen and oxygen atoms in total. The SMILES string of the molecule is CNC(CSc1ccccc1C)Cc1cn2ccsc2n1. The zero-order valence-electron chi connectivity index (χ0n) is 12.2. The Hall–Kier alpha value is -1.30. The van der Waals surface area contributed by atoms with E-state index in [0.717, 1.165) is 22.8 Å². The standard InChI is InChI=1S/C16H19N3S2/c1-12-5-3-4-6-15(12)21-11-14(17-2)9-13-10-19-7-8-20-16(19)18-13/h3-8,10,14,17H,9,11H2,1-2H3. The molecule has 0 saturated heterocycles. The van der Waals surface area contributed by atoms with Gasteiger partial charge < -0.3 is 5.32 Å². The summed E-state index contributed by atoms with van der Waals surface area (Å²) in [6.07, 6.45) is 5.16. The van der Waals surface area contributed by atoms with Gasteiger partial charge in [-0.3, -0.25) is 4.40 Å². The average molecular weight is 317 g/mol. The molecule has 2 aromatic heterocycles. The summed E-state index contributed by atoms with van der Waals surface area (Å²) in [6.45, 7) is 2.17. The minimum atomic E-state index is 0.430. The fourth-order valence-corrected chi connectivity index (χ4v) is 4.13. The summed E-state index contributed by atoms with van der Waals surface area (Å²) in [6, 6.07) is 8.98. The topological polar surface area (TPSA) is 29.3 Å². The average Bonchev–Trinajstić information content (AvgIpc) is 3.06. The fourth-order valence-electron chi connectivity index (χ4n) is 2.28. The van der Waals surface area contributed by atoms with Crippen LogP contribution in [-0.2, 0) is 6.42 Å². The van der Waals surface area contributed by atoms with Crippen molar-refractivity contribution in [2.24, 2.45) is 0 Å². The predicted octanol–water partition coefficient (Wildman–Crippen LogP) is 3.63. The van der Waals surface area contributed by atoms with E-state index in [9.17, 15) is 0 Å². The number of thioether (sulfide) groups is 1. The third-order valence-electron chi connectivity index (χ3n) is 3.54. The Balaban J connectivity index is 1.62. The second kappa shape index (κ2) is 6.64. The van der Waals surface area contributed by atoms with Crippen LogP contribution in [0.1, 0.15) is 11.3 Å². The van der Waals surface area contributed by atoms with Gasteiger partial charge in [0.1, 0.15) is 0 Å². The number of hydrogen-bond donors (Lipinski definition) is 1. The monoisotopic (exact) mass is 317 g/mol. The van der Waals surface area contributed by atoms with Crippen molar-refractivity contribution >= 4 is 28.1 Å². The van der Waals surface area contributed by atoms with E-state index in [1.54, 1.807) is 11.3 Å². The summed E-state index contributed by atoms with van der Waals surface area (Å²) in [7, 11) is 2.03. The van der Waals surface area contributed by atoms with Crippen molar-refractivity contribution in [3.05, 3.63) is 53.3 Å². The van der Waals surface area contributed by atoms with Crippen LogP contribution in [0.15, 0.2) is 46.9 Å². The summed E-state index contributed by atoms with van der Waals surface area (Å²) in [5.74, 6) is 1.05. The number of imidazole rings is 1. The molecule has 1 unspecified atom stereocenters. The molecular formula is C16H19N3S2. The molecule has 0 fully saturated rings. The van der Waals surface area contributed by atoms with Gasteiger partial charge in [-0.2, -0.15) is 0 Å². The van der Waals surface area contributed by atoms with Crippen molar-refractivity contribution in [1.29, 1.82) is 0 Å². The van der Waals surface area contributed by atoms with Gasteiger partial charge >= 0.3 is 0 Å². The van der Waals surface area contributed by atoms with Gasteiger partial charge in [0.15, 0.2) is 4.96 Å². The smallest absolute Gasteiger partial charge is 0.193 e. The molecule has 0 aliphatic heterocycles. The van der Waals surface area contributed by atoms with Crippen molar-refractivity contribution in [3.8, 4) is 0 Å². The van der Waals surface area contributed by atoms with E-state index in [2.05, 4.69) is 63.7 Å². The van der Waals surface area contributed by atoms with Gasteiger partial charge in [-0.25, -0.2) is 4.98 Å². The Labute approximate surface area is 133 Å². The Morgan fingerprint density at radius 1 is 1.38 bits per heavy atom. The lowest BCUT2D eigenvalue weighted by atomic mass is 10.2. The molecule has 0 bridgehead atoms. The van der Waals surface area contributed by atoms with Crippen LogP contribution in [0, 0.1) is 6.92 Å². The number of nitrogens with zero attached hydrogens (tertiary/aromatic N) is 2. The van der Waals surface area contributed by atoms with Crippen LogP contribution in [0.2, 0.25) is 0 Å². The molecule has 0 aliphatic rings. The lowest BCUT2D eigenvalue weighted by Gasteiger charge is -2.15. The second-order valence-corrected chi connectivity index (χ2v) is 7.03. The highest BCUT2D eigenvalue weighted by molar-refractivity contribution is 7.99. The van der Waals surface area contributed by atoms with Crippen LogP contribution in [0.25, 0.3) is 4.96 Å². The molecule has 21 heavy (non-hydrogen) atoms. The van der Waals surface area contributed by atoms with E-state index in [1.807, 2.05) is 18.8 Å². The van der Waals surface area contributed by atoms with Crippen molar-refractivity contribution < 1.29 is 0 Å². The number of thiazole rings is 1. The highest BCUT2D eigenvalue weighted by atomic mass is 32.2. The number of benzene rings is 1. The second-order valence-electron chi connectivity index (χ2n) is 5.09. The van der Waals surface area contributed by atoms with Gasteiger partial charge in [-0.05, 0) is 25.6 Å². The predicted molar refractivity (Wildman–Crippen MR) is 91.5 cm³/mol. The van der Waals surface area contributed by atoms with Gasteiger partial charge in [-0.1, -0.05) is 18.2 Å². The van der Waals surface area contributed by atoms with Crippen LogP contribution in [0.5, 0.6) is 0 Å². The summed E-state index contributed by atoms with van der Waals surface area (Å²) in [4.78, 5) is 7.11. The first kappa shape index (κ1) is 14.6. The first-order chi connectivity index (χ1) is 10.3. The minimum Gasteiger partial charge on any atom is -0.316 e. The third kappa shape index (κ3) is 3.48. The molecular weight excluding hydrogens is 298 g/mol. The highest BCUT2D eigenvalue weighted by Gasteiger charge is 2.12. The van der Waals surface area contributed by atoms with Crippen molar-refractivity contribution in [3.63, 3.8) is 0 Å². The number of aromatic nitrogens is 2. The van der Waals surface area contributed by atoms with Gasteiger partial charge in [-0.15, -0.1) is 23.1 Å². The molecule has 2 heterocycles. The summed E-state index contributed by atoms with van der Waals surface area (Å²) >= 11 is 3.59. The van der Waals surface area contributed by atoms with Crippen molar-refractivity contribution in [2.75, 3.05) is 12.8 Å². The molecule has 0 amide bonds. The number of hydrogen-bond acceptors (Lipinski definition) is 4. The molecule has 1 aromatic carbocycles. The van der Waals surface area contributed by atoms with E-state index >= 15 is 0 Å². The molecule has 3 rings (SSSR count). The molecule has 0 aliphatic carbocycles. The molecule has 1 atom stereocenters. The number of nitrogens with one attached hydrogen (secondary N) is 1. The molecule has 0 saturated carbocycles. The number of aryl methyl sites for hydroxylation is 1. The Morgan fingerprint density at radius 3 is 3.00 bits per heavy atom. The van der Waals surface area contributed by atoms with Crippen LogP contribution in [-0.4, -0.2) is 28.2 Å².